The second-order valence-corrected chi connectivity index (χ2v) is 6.58. The van der Waals surface area contributed by atoms with Crippen molar-refractivity contribution in [1.82, 2.24) is 0 Å². The molecule has 0 atom stereocenters. The van der Waals surface area contributed by atoms with Gasteiger partial charge >= 0.3 is 5.97 Å². The largest absolute Gasteiger partial charge is 0.478 e. The highest BCUT2D eigenvalue weighted by atomic mass is 16.4. The van der Waals surface area contributed by atoms with Gasteiger partial charge in [-0.2, -0.15) is 0 Å². The zero-order valence-electron chi connectivity index (χ0n) is 14.1. The van der Waals surface area contributed by atoms with Crippen molar-refractivity contribution >= 4 is 5.97 Å². The third-order valence-corrected chi connectivity index (χ3v) is 4.83. The van der Waals surface area contributed by atoms with Gasteiger partial charge in [-0.15, -0.1) is 0 Å². The molecule has 2 rings (SSSR count). The Morgan fingerprint density at radius 1 is 1.13 bits per heavy atom. The van der Waals surface area contributed by atoms with Crippen LogP contribution in [0.1, 0.15) is 62.5 Å². The van der Waals surface area contributed by atoms with Gasteiger partial charge in [-0.05, 0) is 55.1 Å². The lowest BCUT2D eigenvalue weighted by Crippen LogP contribution is -2.13. The lowest BCUT2D eigenvalue weighted by molar-refractivity contribution is -0.131. The summed E-state index contributed by atoms with van der Waals surface area (Å²) in [4.78, 5) is 10.4. The van der Waals surface area contributed by atoms with Crippen LogP contribution in [-0.2, 0) is 11.2 Å². The summed E-state index contributed by atoms with van der Waals surface area (Å²) in [7, 11) is 0. The summed E-state index contributed by atoms with van der Waals surface area (Å²) in [5.74, 6) is 0.790. The highest BCUT2D eigenvalue weighted by Crippen LogP contribution is 2.37. The first-order valence-corrected chi connectivity index (χ1v) is 8.84. The van der Waals surface area contributed by atoms with Gasteiger partial charge in [0.15, 0.2) is 0 Å². The Morgan fingerprint density at radius 2 is 1.83 bits per heavy atom. The molecule has 0 aliphatic heterocycles. The molecule has 1 aromatic rings. The quantitative estimate of drug-likeness (QED) is 0.533. The maximum Gasteiger partial charge on any atom is 0.328 e. The van der Waals surface area contributed by atoms with E-state index in [0.29, 0.717) is 0 Å². The fraction of sp³-hybridized carbons (Fsp3) is 0.476. The molecule has 23 heavy (non-hydrogen) atoms. The molecule has 1 fully saturated rings. The molecule has 0 bridgehead atoms. The van der Waals surface area contributed by atoms with Crippen LogP contribution in [0.25, 0.3) is 0 Å². The van der Waals surface area contributed by atoms with Crippen LogP contribution in [0.2, 0.25) is 0 Å². The summed E-state index contributed by atoms with van der Waals surface area (Å²) in [6.45, 7) is 2.29. The number of carbonyl (C=O) groups is 1. The van der Waals surface area contributed by atoms with Gasteiger partial charge in [-0.3, -0.25) is 0 Å². The predicted molar refractivity (Wildman–Crippen MR) is 95.7 cm³/mol. The van der Waals surface area contributed by atoms with Crippen molar-refractivity contribution in [2.45, 2.75) is 57.8 Å². The first kappa shape index (κ1) is 17.5. The van der Waals surface area contributed by atoms with Crippen LogP contribution in [0.3, 0.4) is 0 Å². The van der Waals surface area contributed by atoms with Gasteiger partial charge in [0.1, 0.15) is 0 Å². The maximum absolute atomic E-state index is 10.4. The minimum Gasteiger partial charge on any atom is -0.478 e. The van der Waals surface area contributed by atoms with E-state index in [4.69, 9.17) is 5.11 Å². The number of rotatable bonds is 7. The molecule has 124 valence electrons. The van der Waals surface area contributed by atoms with E-state index in [1.54, 1.807) is 12.2 Å². The van der Waals surface area contributed by atoms with Crippen LogP contribution >= 0.6 is 0 Å². The fourth-order valence-corrected chi connectivity index (χ4v) is 3.54. The number of carboxylic acids is 1. The fourth-order valence-electron chi connectivity index (χ4n) is 3.54. The van der Waals surface area contributed by atoms with E-state index in [-0.39, 0.29) is 0 Å². The van der Waals surface area contributed by atoms with Gasteiger partial charge in [-0.1, -0.05) is 62.3 Å². The van der Waals surface area contributed by atoms with Crippen LogP contribution in [0.4, 0.5) is 0 Å². The van der Waals surface area contributed by atoms with Gasteiger partial charge < -0.3 is 5.11 Å². The van der Waals surface area contributed by atoms with Gasteiger partial charge in [0.25, 0.3) is 0 Å². The first-order valence-electron chi connectivity index (χ1n) is 8.84. The molecule has 0 unspecified atom stereocenters. The van der Waals surface area contributed by atoms with Crippen LogP contribution < -0.4 is 0 Å². The highest BCUT2D eigenvalue weighted by Gasteiger charge is 2.21. The van der Waals surface area contributed by atoms with Gasteiger partial charge in [0.05, 0.1) is 0 Å². The van der Waals surface area contributed by atoms with E-state index in [0.717, 1.165) is 24.3 Å². The minimum absolute atomic E-state index is 0.742. The SMILES string of the molecule is CCCC1CCC(c2ccc(C/C=C/C=C/C(=O)O)cc2)CC1. The van der Waals surface area contributed by atoms with Gasteiger partial charge in [0, 0.05) is 6.08 Å². The number of aliphatic carboxylic acids is 1. The smallest absolute Gasteiger partial charge is 0.328 e. The van der Waals surface area contributed by atoms with Crippen LogP contribution in [0.5, 0.6) is 0 Å². The van der Waals surface area contributed by atoms with Crippen LogP contribution in [0.15, 0.2) is 48.6 Å². The molecular weight excluding hydrogens is 284 g/mol. The van der Waals surface area contributed by atoms with Crippen molar-refractivity contribution < 1.29 is 9.90 Å². The Morgan fingerprint density at radius 3 is 2.43 bits per heavy atom. The molecule has 2 heteroatoms. The van der Waals surface area contributed by atoms with E-state index in [9.17, 15) is 4.79 Å². The average molecular weight is 312 g/mol. The third kappa shape index (κ3) is 6.05. The lowest BCUT2D eigenvalue weighted by Gasteiger charge is -2.28. The summed E-state index contributed by atoms with van der Waals surface area (Å²) >= 11 is 0. The molecule has 0 amide bonds. The lowest BCUT2D eigenvalue weighted by atomic mass is 9.77. The van der Waals surface area contributed by atoms with Crippen molar-refractivity contribution in [2.24, 2.45) is 5.92 Å². The third-order valence-electron chi connectivity index (χ3n) is 4.83. The number of hydrogen-bond donors (Lipinski definition) is 1. The Bertz CT molecular complexity index is 531. The van der Waals surface area contributed by atoms with E-state index >= 15 is 0 Å². The molecule has 0 radical (unpaired) electrons. The van der Waals surface area contributed by atoms with E-state index in [1.165, 1.54) is 49.7 Å². The Hall–Kier alpha value is -1.83. The van der Waals surface area contributed by atoms with Crippen molar-refractivity contribution in [3.8, 4) is 0 Å². The van der Waals surface area contributed by atoms with Crippen LogP contribution in [-0.4, -0.2) is 11.1 Å². The molecule has 1 saturated carbocycles. The van der Waals surface area contributed by atoms with Gasteiger partial charge in [0.2, 0.25) is 0 Å². The molecule has 1 aliphatic carbocycles. The normalized spacial score (nSPS) is 22.0. The van der Waals surface area contributed by atoms with E-state index in [1.807, 2.05) is 6.08 Å². The molecule has 0 saturated heterocycles. The molecule has 0 heterocycles. The zero-order chi connectivity index (χ0) is 16.5. The van der Waals surface area contributed by atoms with E-state index < -0.39 is 5.97 Å². The minimum atomic E-state index is -0.910. The molecule has 2 nitrogen and oxygen atoms in total. The standard InChI is InChI=1S/C21H28O2/c1-2-6-17-9-13-19(14-10-17)20-15-11-18(12-16-20)7-4-3-5-8-21(22)23/h3-5,8,11-12,15-17,19H,2,6-7,9-10,13-14H2,1H3,(H,22,23)/b4-3+,8-5+. The van der Waals surface area contributed by atoms with Crippen molar-refractivity contribution in [3.63, 3.8) is 0 Å². The molecule has 0 spiro atoms. The number of carboxylic acid groups (broad SMARTS) is 1. The summed E-state index contributed by atoms with van der Waals surface area (Å²) in [6, 6.07) is 8.97. The van der Waals surface area contributed by atoms with Crippen molar-refractivity contribution in [2.75, 3.05) is 0 Å². The molecule has 1 aromatic carbocycles. The van der Waals surface area contributed by atoms with Crippen molar-refractivity contribution in [1.29, 1.82) is 0 Å². The number of hydrogen-bond acceptors (Lipinski definition) is 1. The average Bonchev–Trinajstić information content (AvgIpc) is 2.56. The first-order chi connectivity index (χ1) is 11.2. The predicted octanol–water partition coefficient (Wildman–Crippen LogP) is 5.50. The zero-order valence-corrected chi connectivity index (χ0v) is 14.1. The topological polar surface area (TPSA) is 37.3 Å². The monoisotopic (exact) mass is 312 g/mol. The Labute approximate surface area is 139 Å². The summed E-state index contributed by atoms with van der Waals surface area (Å²) in [6.07, 6.45) is 15.5. The maximum atomic E-state index is 10.4. The Kier molecular flexibility index (Phi) is 7.12. The summed E-state index contributed by atoms with van der Waals surface area (Å²) in [5, 5.41) is 8.51. The summed E-state index contributed by atoms with van der Waals surface area (Å²) in [5.41, 5.74) is 2.76. The molecular formula is C21H28O2. The number of benzene rings is 1. The van der Waals surface area contributed by atoms with Crippen molar-refractivity contribution in [3.05, 3.63) is 59.7 Å². The van der Waals surface area contributed by atoms with E-state index in [2.05, 4.69) is 31.2 Å². The number of allylic oxidation sites excluding steroid dienone is 3. The highest BCUT2D eigenvalue weighted by molar-refractivity contribution is 5.80. The Balaban J connectivity index is 1.82. The van der Waals surface area contributed by atoms with Crippen LogP contribution in [0, 0.1) is 5.92 Å². The van der Waals surface area contributed by atoms with Gasteiger partial charge in [-0.25, -0.2) is 4.79 Å². The second kappa shape index (κ2) is 9.34. The summed E-state index contributed by atoms with van der Waals surface area (Å²) < 4.78 is 0. The second-order valence-electron chi connectivity index (χ2n) is 6.58. The molecule has 1 N–H and O–H groups in total. The molecule has 0 aromatic heterocycles. The molecule has 1 aliphatic rings.